The molecule has 2 aliphatic rings. The first-order valence-electron chi connectivity index (χ1n) is 8.20. The fraction of sp³-hybridized carbons (Fsp3) is 0.588. The van der Waals surface area contributed by atoms with Gasteiger partial charge in [-0.1, -0.05) is 11.6 Å². The molecule has 1 aromatic carbocycles. The first-order valence-corrected chi connectivity index (χ1v) is 8.58. The van der Waals surface area contributed by atoms with Crippen molar-refractivity contribution >= 4 is 23.3 Å². The zero-order valence-corrected chi connectivity index (χ0v) is 14.1. The molecule has 126 valence electrons. The van der Waals surface area contributed by atoms with Crippen LogP contribution in [0.4, 0.5) is 10.5 Å². The van der Waals surface area contributed by atoms with E-state index in [4.69, 9.17) is 11.6 Å². The summed E-state index contributed by atoms with van der Waals surface area (Å²) in [6, 6.07) is 7.70. The third-order valence-electron chi connectivity index (χ3n) is 4.92. The summed E-state index contributed by atoms with van der Waals surface area (Å²) in [5.74, 6) is 0.396. The molecule has 3 rings (SSSR count). The van der Waals surface area contributed by atoms with Crippen LogP contribution in [0.2, 0.25) is 5.02 Å². The smallest absolute Gasteiger partial charge is 0.315 e. The van der Waals surface area contributed by atoms with Gasteiger partial charge >= 0.3 is 6.03 Å². The summed E-state index contributed by atoms with van der Waals surface area (Å²) in [5.41, 5.74) is 0.621. The van der Waals surface area contributed by atoms with Gasteiger partial charge in [-0.25, -0.2) is 4.79 Å². The second kappa shape index (κ2) is 6.57. The van der Waals surface area contributed by atoms with E-state index in [9.17, 15) is 9.90 Å². The van der Waals surface area contributed by atoms with Crippen molar-refractivity contribution in [2.24, 2.45) is 5.92 Å². The Balaban J connectivity index is 1.51. The Hall–Kier alpha value is -1.46. The van der Waals surface area contributed by atoms with Crippen LogP contribution in [0.25, 0.3) is 0 Å². The predicted octanol–water partition coefficient (Wildman–Crippen LogP) is 2.38. The quantitative estimate of drug-likeness (QED) is 0.773. The van der Waals surface area contributed by atoms with E-state index in [1.165, 1.54) is 0 Å². The topological polar surface area (TPSA) is 64.6 Å². The molecule has 2 atom stereocenters. The van der Waals surface area contributed by atoms with Crippen LogP contribution in [0.3, 0.4) is 0 Å². The number of carbonyl (C=O) groups is 1. The monoisotopic (exact) mass is 337 g/mol. The Morgan fingerprint density at radius 3 is 2.65 bits per heavy atom. The van der Waals surface area contributed by atoms with Crippen LogP contribution in [0.1, 0.15) is 26.2 Å². The zero-order chi connectivity index (χ0) is 16.4. The van der Waals surface area contributed by atoms with Crippen molar-refractivity contribution in [3.63, 3.8) is 0 Å². The van der Waals surface area contributed by atoms with E-state index < -0.39 is 5.54 Å². The molecule has 3 N–H and O–H groups in total. The fourth-order valence-electron chi connectivity index (χ4n) is 3.24. The molecular formula is C17H24ClN3O2. The molecule has 0 spiro atoms. The van der Waals surface area contributed by atoms with Crippen LogP contribution in [0.15, 0.2) is 24.3 Å². The van der Waals surface area contributed by atoms with Gasteiger partial charge in [0.1, 0.15) is 0 Å². The van der Waals surface area contributed by atoms with Gasteiger partial charge in [0, 0.05) is 29.8 Å². The number of rotatable bonds is 5. The lowest BCUT2D eigenvalue weighted by Gasteiger charge is -2.29. The van der Waals surface area contributed by atoms with E-state index in [1.807, 2.05) is 31.2 Å². The van der Waals surface area contributed by atoms with Crippen LogP contribution in [-0.2, 0) is 0 Å². The lowest BCUT2D eigenvalue weighted by molar-refractivity contribution is 0.154. The number of benzene rings is 1. The largest absolute Gasteiger partial charge is 0.394 e. The number of carbonyl (C=O) groups excluding carboxylic acids is 1. The number of aliphatic hydroxyl groups excluding tert-OH is 1. The molecule has 0 bridgehead atoms. The highest BCUT2D eigenvalue weighted by Crippen LogP contribution is 2.39. The molecule has 0 aromatic heterocycles. The van der Waals surface area contributed by atoms with Crippen LogP contribution in [0.5, 0.6) is 0 Å². The minimum absolute atomic E-state index is 0.0212. The maximum Gasteiger partial charge on any atom is 0.315 e. The van der Waals surface area contributed by atoms with Crippen molar-refractivity contribution in [1.29, 1.82) is 0 Å². The summed E-state index contributed by atoms with van der Waals surface area (Å²) >= 11 is 5.92. The molecule has 2 unspecified atom stereocenters. The highest BCUT2D eigenvalue weighted by atomic mass is 35.5. The molecule has 6 heteroatoms. The predicted molar refractivity (Wildman–Crippen MR) is 92.0 cm³/mol. The Labute approximate surface area is 142 Å². The molecule has 5 nitrogen and oxygen atoms in total. The molecule has 1 aromatic rings. The fourth-order valence-corrected chi connectivity index (χ4v) is 3.36. The number of nitrogens with one attached hydrogen (secondary N) is 2. The number of urea groups is 1. The van der Waals surface area contributed by atoms with Crippen molar-refractivity contribution < 1.29 is 9.90 Å². The second-order valence-corrected chi connectivity index (χ2v) is 7.29. The molecule has 1 saturated heterocycles. The van der Waals surface area contributed by atoms with Gasteiger partial charge in [0.15, 0.2) is 0 Å². The summed E-state index contributed by atoms with van der Waals surface area (Å²) in [4.78, 5) is 14.5. The maximum absolute atomic E-state index is 12.2. The molecule has 1 aliphatic carbocycles. The van der Waals surface area contributed by atoms with Gasteiger partial charge in [-0.15, -0.1) is 0 Å². The molecule has 2 amide bonds. The third-order valence-corrected chi connectivity index (χ3v) is 5.17. The van der Waals surface area contributed by atoms with Crippen LogP contribution >= 0.6 is 11.6 Å². The highest BCUT2D eigenvalue weighted by Gasteiger charge is 2.42. The highest BCUT2D eigenvalue weighted by molar-refractivity contribution is 6.30. The summed E-state index contributed by atoms with van der Waals surface area (Å²) in [6.45, 7) is 3.59. The van der Waals surface area contributed by atoms with Crippen molar-refractivity contribution in [3.8, 4) is 0 Å². The Bertz CT molecular complexity index is 561. The van der Waals surface area contributed by atoms with E-state index >= 15 is 0 Å². The van der Waals surface area contributed by atoms with Gasteiger partial charge in [0.2, 0.25) is 0 Å². The maximum atomic E-state index is 12.2. The summed E-state index contributed by atoms with van der Waals surface area (Å²) in [6.07, 6.45) is 3.06. The molecular weight excluding hydrogens is 314 g/mol. The van der Waals surface area contributed by atoms with Gasteiger partial charge in [-0.2, -0.15) is 0 Å². The third kappa shape index (κ3) is 3.90. The average Bonchev–Trinajstić information content (AvgIpc) is 3.29. The first-order chi connectivity index (χ1) is 11.0. The van der Waals surface area contributed by atoms with E-state index in [-0.39, 0.29) is 18.7 Å². The normalized spacial score (nSPS) is 23.4. The van der Waals surface area contributed by atoms with Crippen molar-refractivity contribution in [3.05, 3.63) is 29.3 Å². The number of amides is 2. The number of aliphatic hydroxyl groups is 1. The van der Waals surface area contributed by atoms with Gasteiger partial charge < -0.3 is 20.6 Å². The minimum Gasteiger partial charge on any atom is -0.394 e. The number of hydrogen-bond acceptors (Lipinski definition) is 3. The second-order valence-electron chi connectivity index (χ2n) is 6.86. The van der Waals surface area contributed by atoms with E-state index in [0.717, 1.165) is 43.1 Å². The average molecular weight is 338 g/mol. The summed E-state index contributed by atoms with van der Waals surface area (Å²) in [5, 5.41) is 16.3. The Morgan fingerprint density at radius 2 is 2.04 bits per heavy atom. The molecule has 1 saturated carbocycles. The Kier molecular flexibility index (Phi) is 4.69. The Morgan fingerprint density at radius 1 is 1.35 bits per heavy atom. The van der Waals surface area contributed by atoms with Crippen molar-refractivity contribution in [2.45, 2.75) is 37.8 Å². The number of halogens is 1. The SMILES string of the molecule is CC(CO)(NC(=O)NC1CCN(c2ccc(Cl)cc2)C1)C1CC1. The lowest BCUT2D eigenvalue weighted by atomic mass is 9.97. The van der Waals surface area contributed by atoms with Crippen LogP contribution in [-0.4, -0.2) is 42.4 Å². The van der Waals surface area contributed by atoms with E-state index in [0.29, 0.717) is 5.92 Å². The molecule has 0 radical (unpaired) electrons. The van der Waals surface area contributed by atoms with Gasteiger partial charge in [-0.3, -0.25) is 0 Å². The van der Waals surface area contributed by atoms with Crippen molar-refractivity contribution in [1.82, 2.24) is 10.6 Å². The van der Waals surface area contributed by atoms with Crippen LogP contribution < -0.4 is 15.5 Å². The van der Waals surface area contributed by atoms with E-state index in [1.54, 1.807) is 0 Å². The van der Waals surface area contributed by atoms with Gasteiger partial charge in [0.25, 0.3) is 0 Å². The van der Waals surface area contributed by atoms with Gasteiger partial charge in [0.05, 0.1) is 12.1 Å². The van der Waals surface area contributed by atoms with Crippen molar-refractivity contribution in [2.75, 3.05) is 24.6 Å². The number of hydrogen-bond donors (Lipinski definition) is 3. The summed E-state index contributed by atoms with van der Waals surface area (Å²) < 4.78 is 0. The molecule has 1 heterocycles. The van der Waals surface area contributed by atoms with Gasteiger partial charge in [-0.05, 0) is 56.4 Å². The standard InChI is InChI=1S/C17H24ClN3O2/c1-17(11-22,12-2-3-12)20-16(23)19-14-8-9-21(10-14)15-6-4-13(18)5-7-15/h4-7,12,14,22H,2-3,8-11H2,1H3,(H2,19,20,23). The zero-order valence-electron chi connectivity index (χ0n) is 13.4. The molecule has 2 fully saturated rings. The minimum atomic E-state index is -0.501. The number of anilines is 1. The van der Waals surface area contributed by atoms with Crippen LogP contribution in [0, 0.1) is 5.92 Å². The molecule has 1 aliphatic heterocycles. The number of nitrogens with zero attached hydrogens (tertiary/aromatic N) is 1. The summed E-state index contributed by atoms with van der Waals surface area (Å²) in [7, 11) is 0. The first kappa shape index (κ1) is 16.4. The lowest BCUT2D eigenvalue weighted by Crippen LogP contribution is -2.56. The molecule has 23 heavy (non-hydrogen) atoms. The van der Waals surface area contributed by atoms with E-state index in [2.05, 4.69) is 15.5 Å².